The minimum Gasteiger partial charge on any atom is -0.459 e. The maximum atomic E-state index is 12.6. The first-order valence-electron chi connectivity index (χ1n) is 8.57. The molecule has 132 valence electrons. The molecule has 0 spiro atoms. The minimum atomic E-state index is -0.128. The summed E-state index contributed by atoms with van der Waals surface area (Å²) in [6.07, 6.45) is 2.35. The van der Waals surface area contributed by atoms with Crippen LogP contribution in [0.1, 0.15) is 28.6 Å². The van der Waals surface area contributed by atoms with Crippen molar-refractivity contribution in [2.45, 2.75) is 20.3 Å². The molecule has 0 saturated carbocycles. The zero-order valence-electron chi connectivity index (χ0n) is 14.6. The predicted molar refractivity (Wildman–Crippen MR) is 95.8 cm³/mol. The molecule has 2 aromatic rings. The van der Waals surface area contributed by atoms with Crippen LogP contribution < -0.4 is 5.32 Å². The van der Waals surface area contributed by atoms with Gasteiger partial charge in [0.15, 0.2) is 5.76 Å². The van der Waals surface area contributed by atoms with E-state index in [0.717, 1.165) is 23.2 Å². The van der Waals surface area contributed by atoms with Gasteiger partial charge in [0.1, 0.15) is 0 Å². The van der Waals surface area contributed by atoms with Gasteiger partial charge >= 0.3 is 6.03 Å². The number of aryl methyl sites for hydroxylation is 2. The summed E-state index contributed by atoms with van der Waals surface area (Å²) in [6.45, 7) is 6.08. The van der Waals surface area contributed by atoms with Gasteiger partial charge in [-0.2, -0.15) is 0 Å². The highest BCUT2D eigenvalue weighted by atomic mass is 16.3. The SMILES string of the molecule is CCc1cccc(C)c1NC(=O)N1CCN(C(=O)c2ccco2)CC1. The van der Waals surface area contributed by atoms with E-state index in [2.05, 4.69) is 12.2 Å². The summed E-state index contributed by atoms with van der Waals surface area (Å²) < 4.78 is 5.16. The second kappa shape index (κ2) is 7.42. The van der Waals surface area contributed by atoms with Crippen LogP contribution in [0.25, 0.3) is 0 Å². The molecule has 1 N–H and O–H groups in total. The standard InChI is InChI=1S/C19H23N3O3/c1-3-15-7-4-6-14(2)17(15)20-19(24)22-11-9-21(10-12-22)18(23)16-8-5-13-25-16/h4-8,13H,3,9-12H2,1-2H3,(H,20,24). The Kier molecular flexibility index (Phi) is 5.07. The van der Waals surface area contributed by atoms with Crippen LogP contribution in [0.4, 0.5) is 10.5 Å². The number of furan rings is 1. The van der Waals surface area contributed by atoms with Gasteiger partial charge in [-0.15, -0.1) is 0 Å². The molecule has 0 atom stereocenters. The van der Waals surface area contributed by atoms with Crippen LogP contribution in [-0.4, -0.2) is 47.9 Å². The van der Waals surface area contributed by atoms with Crippen molar-refractivity contribution in [1.82, 2.24) is 9.80 Å². The van der Waals surface area contributed by atoms with E-state index in [-0.39, 0.29) is 11.9 Å². The van der Waals surface area contributed by atoms with Crippen LogP contribution >= 0.6 is 0 Å². The fourth-order valence-corrected chi connectivity index (χ4v) is 3.06. The lowest BCUT2D eigenvalue weighted by molar-refractivity contribution is 0.0640. The summed E-state index contributed by atoms with van der Waals surface area (Å²) in [7, 11) is 0. The first kappa shape index (κ1) is 17.1. The van der Waals surface area contributed by atoms with Crippen molar-refractivity contribution in [1.29, 1.82) is 0 Å². The van der Waals surface area contributed by atoms with Crippen molar-refractivity contribution >= 4 is 17.6 Å². The van der Waals surface area contributed by atoms with Gasteiger partial charge < -0.3 is 19.5 Å². The molecule has 1 aliphatic rings. The molecule has 3 amide bonds. The lowest BCUT2D eigenvalue weighted by atomic mass is 10.1. The lowest BCUT2D eigenvalue weighted by Gasteiger charge is -2.34. The summed E-state index contributed by atoms with van der Waals surface area (Å²) in [5, 5.41) is 3.04. The van der Waals surface area contributed by atoms with Crippen molar-refractivity contribution in [3.63, 3.8) is 0 Å². The number of piperazine rings is 1. The van der Waals surface area contributed by atoms with Gasteiger partial charge in [-0.1, -0.05) is 25.1 Å². The highest BCUT2D eigenvalue weighted by Crippen LogP contribution is 2.22. The first-order chi connectivity index (χ1) is 12.1. The van der Waals surface area contributed by atoms with Crippen LogP contribution in [0.5, 0.6) is 0 Å². The lowest BCUT2D eigenvalue weighted by Crippen LogP contribution is -2.51. The molecule has 1 aromatic carbocycles. The topological polar surface area (TPSA) is 65.8 Å². The number of hydrogen-bond donors (Lipinski definition) is 1. The molecule has 1 fully saturated rings. The smallest absolute Gasteiger partial charge is 0.321 e. The van der Waals surface area contributed by atoms with E-state index in [1.807, 2.05) is 25.1 Å². The molecule has 25 heavy (non-hydrogen) atoms. The fourth-order valence-electron chi connectivity index (χ4n) is 3.06. The Morgan fingerprint density at radius 3 is 2.44 bits per heavy atom. The third-order valence-corrected chi connectivity index (χ3v) is 4.56. The monoisotopic (exact) mass is 341 g/mol. The highest BCUT2D eigenvalue weighted by Gasteiger charge is 2.26. The van der Waals surface area contributed by atoms with Crippen LogP contribution in [-0.2, 0) is 6.42 Å². The quantitative estimate of drug-likeness (QED) is 0.933. The number of nitrogens with one attached hydrogen (secondary N) is 1. The zero-order chi connectivity index (χ0) is 17.8. The van der Waals surface area contributed by atoms with Crippen molar-refractivity contribution in [3.05, 3.63) is 53.5 Å². The van der Waals surface area contributed by atoms with E-state index < -0.39 is 0 Å². The van der Waals surface area contributed by atoms with Gasteiger partial charge in [0.2, 0.25) is 0 Å². The molecule has 0 aliphatic carbocycles. The molecule has 1 aliphatic heterocycles. The summed E-state index contributed by atoms with van der Waals surface area (Å²) in [6, 6.07) is 9.27. The van der Waals surface area contributed by atoms with Crippen molar-refractivity contribution in [2.24, 2.45) is 0 Å². The van der Waals surface area contributed by atoms with Gasteiger partial charge in [0.25, 0.3) is 5.91 Å². The summed E-state index contributed by atoms with van der Waals surface area (Å²) in [4.78, 5) is 28.3. The van der Waals surface area contributed by atoms with Crippen LogP contribution in [0.2, 0.25) is 0 Å². The summed E-state index contributed by atoms with van der Waals surface area (Å²) in [5.74, 6) is 0.211. The van der Waals surface area contributed by atoms with Gasteiger partial charge in [-0.25, -0.2) is 4.79 Å². The van der Waals surface area contributed by atoms with Crippen molar-refractivity contribution in [2.75, 3.05) is 31.5 Å². The third kappa shape index (κ3) is 3.68. The Balaban J connectivity index is 1.60. The van der Waals surface area contributed by atoms with E-state index in [1.165, 1.54) is 6.26 Å². The number of nitrogens with zero attached hydrogens (tertiary/aromatic N) is 2. The molecule has 0 unspecified atom stereocenters. The first-order valence-corrected chi connectivity index (χ1v) is 8.57. The molecular weight excluding hydrogens is 318 g/mol. The average molecular weight is 341 g/mol. The van der Waals surface area contributed by atoms with Gasteiger partial charge in [0, 0.05) is 31.9 Å². The van der Waals surface area contributed by atoms with E-state index in [0.29, 0.717) is 31.9 Å². The number of amides is 3. The van der Waals surface area contributed by atoms with Gasteiger partial charge in [-0.05, 0) is 36.6 Å². The van der Waals surface area contributed by atoms with Crippen LogP contribution in [0.15, 0.2) is 41.0 Å². The Hall–Kier alpha value is -2.76. The van der Waals surface area contributed by atoms with E-state index in [1.54, 1.807) is 21.9 Å². The Morgan fingerprint density at radius 2 is 1.80 bits per heavy atom. The second-order valence-electron chi connectivity index (χ2n) is 6.15. The molecule has 3 rings (SSSR count). The normalized spacial score (nSPS) is 14.5. The molecule has 6 heteroatoms. The largest absolute Gasteiger partial charge is 0.459 e. The average Bonchev–Trinajstić information content (AvgIpc) is 3.17. The second-order valence-corrected chi connectivity index (χ2v) is 6.15. The minimum absolute atomic E-state index is 0.117. The zero-order valence-corrected chi connectivity index (χ0v) is 14.6. The van der Waals surface area contributed by atoms with Gasteiger partial charge in [0.05, 0.1) is 6.26 Å². The molecule has 1 saturated heterocycles. The number of benzene rings is 1. The number of hydrogen-bond acceptors (Lipinski definition) is 3. The van der Waals surface area contributed by atoms with Crippen LogP contribution in [0, 0.1) is 6.92 Å². The third-order valence-electron chi connectivity index (χ3n) is 4.56. The van der Waals surface area contributed by atoms with Gasteiger partial charge in [-0.3, -0.25) is 4.79 Å². The molecule has 0 bridgehead atoms. The van der Waals surface area contributed by atoms with E-state index >= 15 is 0 Å². The number of urea groups is 1. The van der Waals surface area contributed by atoms with Crippen molar-refractivity contribution < 1.29 is 14.0 Å². The Morgan fingerprint density at radius 1 is 1.08 bits per heavy atom. The van der Waals surface area contributed by atoms with E-state index in [9.17, 15) is 9.59 Å². The fraction of sp³-hybridized carbons (Fsp3) is 0.368. The molecule has 2 heterocycles. The maximum Gasteiger partial charge on any atom is 0.321 e. The number of anilines is 1. The Labute approximate surface area is 147 Å². The van der Waals surface area contributed by atoms with Crippen LogP contribution in [0.3, 0.4) is 0 Å². The predicted octanol–water partition coefficient (Wildman–Crippen LogP) is 3.14. The number of para-hydroxylation sites is 1. The van der Waals surface area contributed by atoms with Crippen molar-refractivity contribution in [3.8, 4) is 0 Å². The maximum absolute atomic E-state index is 12.6. The summed E-state index contributed by atoms with van der Waals surface area (Å²) >= 11 is 0. The molecule has 1 aromatic heterocycles. The molecule has 0 radical (unpaired) electrons. The molecule has 6 nitrogen and oxygen atoms in total. The number of rotatable bonds is 3. The highest BCUT2D eigenvalue weighted by molar-refractivity contribution is 5.93. The van der Waals surface area contributed by atoms with E-state index in [4.69, 9.17) is 4.42 Å². The Bertz CT molecular complexity index is 747. The number of carbonyl (C=O) groups is 2. The number of carbonyl (C=O) groups excluding carboxylic acids is 2. The summed E-state index contributed by atoms with van der Waals surface area (Å²) in [5.41, 5.74) is 3.07. The molecular formula is C19H23N3O3.